The van der Waals surface area contributed by atoms with Crippen molar-refractivity contribution in [2.45, 2.75) is 52.4 Å². The summed E-state index contributed by atoms with van der Waals surface area (Å²) in [6.45, 7) is 6.20. The Hall–Kier alpha value is -0.730. The van der Waals surface area contributed by atoms with Gasteiger partial charge in [0.15, 0.2) is 0 Å². The number of carbonyl (C=O) groups excluding carboxylic acids is 1. The fourth-order valence-electron chi connectivity index (χ4n) is 1.69. The molecule has 0 saturated carbocycles. The molecule has 0 aromatic heterocycles. The number of hydrogen-bond acceptors (Lipinski definition) is 1. The number of amides is 2. The summed E-state index contributed by atoms with van der Waals surface area (Å²) in [5.74, 6) is 0. The van der Waals surface area contributed by atoms with Gasteiger partial charge in [-0.05, 0) is 12.8 Å². The molecule has 0 aliphatic carbocycles. The molecular formula is C13H28N2O. The summed E-state index contributed by atoms with van der Waals surface area (Å²) in [7, 11) is 3.66. The van der Waals surface area contributed by atoms with E-state index in [4.69, 9.17) is 0 Å². The van der Waals surface area contributed by atoms with Crippen LogP contribution in [0.5, 0.6) is 0 Å². The number of hydrogen-bond donors (Lipinski definition) is 0. The third-order valence-electron chi connectivity index (χ3n) is 2.72. The lowest BCUT2D eigenvalue weighted by Gasteiger charge is -2.26. The van der Waals surface area contributed by atoms with E-state index in [1.165, 1.54) is 25.7 Å². The molecule has 0 rings (SSSR count). The lowest BCUT2D eigenvalue weighted by Crippen LogP contribution is -2.40. The Kier molecular flexibility index (Phi) is 9.06. The second-order valence-electron chi connectivity index (χ2n) is 4.58. The van der Waals surface area contributed by atoms with Crippen LogP contribution in [0.15, 0.2) is 0 Å². The van der Waals surface area contributed by atoms with Gasteiger partial charge in [-0.15, -0.1) is 0 Å². The SMILES string of the molecule is CCCCCN(CCCCC)C(=O)N(C)C. The van der Waals surface area contributed by atoms with Gasteiger partial charge in [0.05, 0.1) is 0 Å². The molecule has 3 nitrogen and oxygen atoms in total. The Labute approximate surface area is 101 Å². The van der Waals surface area contributed by atoms with Gasteiger partial charge >= 0.3 is 6.03 Å². The van der Waals surface area contributed by atoms with Crippen molar-refractivity contribution >= 4 is 6.03 Å². The fourth-order valence-corrected chi connectivity index (χ4v) is 1.69. The molecular weight excluding hydrogens is 200 g/mol. The molecule has 0 aromatic rings. The summed E-state index contributed by atoms with van der Waals surface area (Å²) in [5, 5.41) is 0. The zero-order valence-electron chi connectivity index (χ0n) is 11.5. The number of unbranched alkanes of at least 4 members (excludes halogenated alkanes) is 4. The normalized spacial score (nSPS) is 10.2. The number of urea groups is 1. The molecule has 0 aromatic carbocycles. The minimum atomic E-state index is 0.159. The van der Waals surface area contributed by atoms with Crippen molar-refractivity contribution in [1.29, 1.82) is 0 Å². The van der Waals surface area contributed by atoms with Crippen LogP contribution in [-0.2, 0) is 0 Å². The minimum Gasteiger partial charge on any atom is -0.331 e. The average Bonchev–Trinajstić information content (AvgIpc) is 2.26. The summed E-state index contributed by atoms with van der Waals surface area (Å²) in [4.78, 5) is 15.6. The van der Waals surface area contributed by atoms with E-state index in [9.17, 15) is 4.79 Å². The minimum absolute atomic E-state index is 0.159. The number of rotatable bonds is 8. The predicted octanol–water partition coefficient (Wildman–Crippen LogP) is 3.35. The van der Waals surface area contributed by atoms with Crippen LogP contribution in [-0.4, -0.2) is 43.0 Å². The van der Waals surface area contributed by atoms with Crippen molar-refractivity contribution in [3.63, 3.8) is 0 Å². The van der Waals surface area contributed by atoms with Gasteiger partial charge in [-0.2, -0.15) is 0 Å². The van der Waals surface area contributed by atoms with Gasteiger partial charge in [0.2, 0.25) is 0 Å². The number of carbonyl (C=O) groups is 1. The summed E-state index contributed by atoms with van der Waals surface area (Å²) >= 11 is 0. The van der Waals surface area contributed by atoms with Gasteiger partial charge in [-0.1, -0.05) is 39.5 Å². The molecule has 0 spiro atoms. The van der Waals surface area contributed by atoms with E-state index in [-0.39, 0.29) is 6.03 Å². The van der Waals surface area contributed by atoms with Gasteiger partial charge in [-0.25, -0.2) is 4.79 Å². The van der Waals surface area contributed by atoms with E-state index in [0.717, 1.165) is 25.9 Å². The summed E-state index contributed by atoms with van der Waals surface area (Å²) < 4.78 is 0. The first-order valence-corrected chi connectivity index (χ1v) is 6.59. The van der Waals surface area contributed by atoms with Crippen molar-refractivity contribution < 1.29 is 4.79 Å². The zero-order valence-corrected chi connectivity index (χ0v) is 11.5. The standard InChI is InChI=1S/C13H28N2O/c1-5-7-9-11-15(12-10-8-6-2)13(16)14(3)4/h5-12H2,1-4H3. The maximum absolute atomic E-state index is 11.9. The van der Waals surface area contributed by atoms with Gasteiger partial charge in [-0.3, -0.25) is 0 Å². The van der Waals surface area contributed by atoms with Crippen LogP contribution >= 0.6 is 0 Å². The molecule has 0 saturated heterocycles. The van der Waals surface area contributed by atoms with Crippen molar-refractivity contribution in [3.05, 3.63) is 0 Å². The monoisotopic (exact) mass is 228 g/mol. The first-order chi connectivity index (χ1) is 7.63. The molecule has 0 N–H and O–H groups in total. The highest BCUT2D eigenvalue weighted by molar-refractivity contribution is 5.73. The zero-order chi connectivity index (χ0) is 12.4. The molecule has 3 heteroatoms. The molecule has 16 heavy (non-hydrogen) atoms. The van der Waals surface area contributed by atoms with E-state index in [2.05, 4.69) is 13.8 Å². The quantitative estimate of drug-likeness (QED) is 0.584. The maximum Gasteiger partial charge on any atom is 0.319 e. The molecule has 0 bridgehead atoms. The van der Waals surface area contributed by atoms with Crippen LogP contribution in [0.3, 0.4) is 0 Å². The van der Waals surface area contributed by atoms with E-state index >= 15 is 0 Å². The second kappa shape index (κ2) is 9.49. The van der Waals surface area contributed by atoms with Crippen molar-refractivity contribution in [2.75, 3.05) is 27.2 Å². The topological polar surface area (TPSA) is 23.6 Å². The van der Waals surface area contributed by atoms with E-state index < -0.39 is 0 Å². The van der Waals surface area contributed by atoms with Gasteiger partial charge in [0.1, 0.15) is 0 Å². The largest absolute Gasteiger partial charge is 0.331 e. The lowest BCUT2D eigenvalue weighted by molar-refractivity contribution is 0.169. The van der Waals surface area contributed by atoms with Gasteiger partial charge in [0.25, 0.3) is 0 Å². The molecule has 2 amide bonds. The van der Waals surface area contributed by atoms with E-state index in [0.29, 0.717) is 0 Å². The third kappa shape index (κ3) is 6.70. The highest BCUT2D eigenvalue weighted by atomic mass is 16.2. The first-order valence-electron chi connectivity index (χ1n) is 6.59. The Morgan fingerprint density at radius 3 is 1.62 bits per heavy atom. The molecule has 0 aliphatic heterocycles. The maximum atomic E-state index is 11.9. The highest BCUT2D eigenvalue weighted by Gasteiger charge is 2.13. The average molecular weight is 228 g/mol. The van der Waals surface area contributed by atoms with Crippen molar-refractivity contribution in [1.82, 2.24) is 9.80 Å². The van der Waals surface area contributed by atoms with Crippen molar-refractivity contribution in [2.24, 2.45) is 0 Å². The number of nitrogens with zero attached hydrogens (tertiary/aromatic N) is 2. The summed E-state index contributed by atoms with van der Waals surface area (Å²) in [6, 6.07) is 0.159. The molecule has 0 radical (unpaired) electrons. The van der Waals surface area contributed by atoms with Crippen LogP contribution in [0.4, 0.5) is 4.79 Å². The van der Waals surface area contributed by atoms with Crippen LogP contribution in [0.1, 0.15) is 52.4 Å². The summed E-state index contributed by atoms with van der Waals surface area (Å²) in [5.41, 5.74) is 0. The smallest absolute Gasteiger partial charge is 0.319 e. The van der Waals surface area contributed by atoms with Crippen LogP contribution in [0.25, 0.3) is 0 Å². The van der Waals surface area contributed by atoms with E-state index in [1.54, 1.807) is 4.90 Å². The highest BCUT2D eigenvalue weighted by Crippen LogP contribution is 2.04. The molecule has 0 fully saturated rings. The van der Waals surface area contributed by atoms with Crippen LogP contribution in [0.2, 0.25) is 0 Å². The third-order valence-corrected chi connectivity index (χ3v) is 2.72. The van der Waals surface area contributed by atoms with Crippen LogP contribution < -0.4 is 0 Å². The van der Waals surface area contributed by atoms with Crippen LogP contribution in [0, 0.1) is 0 Å². The molecule has 0 atom stereocenters. The Morgan fingerprint density at radius 1 is 0.875 bits per heavy atom. The van der Waals surface area contributed by atoms with Gasteiger partial charge < -0.3 is 9.80 Å². The first kappa shape index (κ1) is 15.3. The predicted molar refractivity (Wildman–Crippen MR) is 69.7 cm³/mol. The second-order valence-corrected chi connectivity index (χ2v) is 4.58. The fraction of sp³-hybridized carbons (Fsp3) is 0.923. The molecule has 0 aliphatic rings. The molecule has 0 heterocycles. The van der Waals surface area contributed by atoms with Crippen molar-refractivity contribution in [3.8, 4) is 0 Å². The Balaban J connectivity index is 4.00. The molecule has 96 valence electrons. The van der Waals surface area contributed by atoms with Gasteiger partial charge in [0, 0.05) is 27.2 Å². The summed E-state index contributed by atoms with van der Waals surface area (Å²) in [6.07, 6.45) is 7.10. The Bertz CT molecular complexity index is 171. The molecule has 0 unspecified atom stereocenters. The Morgan fingerprint density at radius 2 is 1.31 bits per heavy atom. The van der Waals surface area contributed by atoms with E-state index in [1.807, 2.05) is 19.0 Å². The lowest BCUT2D eigenvalue weighted by atomic mass is 10.2.